The number of nitrogens with zero attached hydrogens (tertiary/aromatic N) is 3. The van der Waals surface area contributed by atoms with Crippen LogP contribution in [0.2, 0.25) is 0 Å². The smallest absolute Gasteiger partial charge is 0.263 e. The van der Waals surface area contributed by atoms with Gasteiger partial charge < -0.3 is 10.6 Å². The predicted molar refractivity (Wildman–Crippen MR) is 81.3 cm³/mol. The van der Waals surface area contributed by atoms with Gasteiger partial charge in [-0.1, -0.05) is 6.92 Å². The third-order valence-corrected chi connectivity index (χ3v) is 3.85. The third-order valence-electron chi connectivity index (χ3n) is 2.71. The van der Waals surface area contributed by atoms with E-state index in [0.29, 0.717) is 29.3 Å². The van der Waals surface area contributed by atoms with Crippen LogP contribution < -0.4 is 10.6 Å². The summed E-state index contributed by atoms with van der Waals surface area (Å²) in [7, 11) is 0. The summed E-state index contributed by atoms with van der Waals surface area (Å²) < 4.78 is 0. The molecule has 0 aromatic carbocycles. The lowest BCUT2D eigenvalue weighted by Gasteiger charge is -2.07. The molecule has 2 aromatic heterocycles. The Kier molecular flexibility index (Phi) is 5.23. The van der Waals surface area contributed by atoms with Crippen molar-refractivity contribution >= 4 is 23.1 Å². The Balaban J connectivity index is 1.79. The topological polar surface area (TPSA) is 90.7 Å². The fourth-order valence-corrected chi connectivity index (χ4v) is 2.43. The maximum Gasteiger partial charge on any atom is 0.263 e. The minimum atomic E-state index is -0.129. The molecule has 108 valence electrons. The number of amides is 1. The normalized spacial score (nSPS) is 9.90. The van der Waals surface area contributed by atoms with Gasteiger partial charge in [0, 0.05) is 19.3 Å². The fourth-order valence-electron chi connectivity index (χ4n) is 1.66. The van der Waals surface area contributed by atoms with Crippen molar-refractivity contribution in [3.8, 4) is 6.07 Å². The summed E-state index contributed by atoms with van der Waals surface area (Å²) in [5.74, 6) is 0.399. The number of hydrogen-bond donors (Lipinski definition) is 2. The number of aryl methyl sites for hydroxylation is 1. The molecule has 0 aliphatic rings. The summed E-state index contributed by atoms with van der Waals surface area (Å²) in [4.78, 5) is 20.7. The number of anilines is 1. The van der Waals surface area contributed by atoms with E-state index >= 15 is 0 Å². The molecule has 0 radical (unpaired) electrons. The molecule has 7 heteroatoms. The average molecular weight is 301 g/mol. The number of nitrogens with one attached hydrogen (secondary N) is 2. The van der Waals surface area contributed by atoms with Crippen molar-refractivity contribution in [2.45, 2.75) is 13.3 Å². The molecule has 0 bridgehead atoms. The van der Waals surface area contributed by atoms with Crippen molar-refractivity contribution < 1.29 is 4.79 Å². The van der Waals surface area contributed by atoms with Gasteiger partial charge in [0.15, 0.2) is 0 Å². The fraction of sp³-hybridized carbons (Fsp3) is 0.286. The van der Waals surface area contributed by atoms with Crippen LogP contribution in [0.15, 0.2) is 24.5 Å². The molecule has 0 aliphatic heterocycles. The van der Waals surface area contributed by atoms with Gasteiger partial charge in [0.2, 0.25) is 0 Å². The molecule has 2 N–H and O–H groups in total. The Hall–Kier alpha value is -2.46. The number of nitriles is 1. The summed E-state index contributed by atoms with van der Waals surface area (Å²) in [6.07, 6.45) is 4.04. The van der Waals surface area contributed by atoms with Crippen LogP contribution in [0, 0.1) is 11.3 Å². The molecule has 21 heavy (non-hydrogen) atoms. The molecule has 0 saturated heterocycles. The minimum Gasteiger partial charge on any atom is -0.367 e. The van der Waals surface area contributed by atoms with Gasteiger partial charge in [-0.15, -0.1) is 11.3 Å². The Morgan fingerprint density at radius 1 is 1.43 bits per heavy atom. The van der Waals surface area contributed by atoms with Crippen molar-refractivity contribution in [1.29, 1.82) is 5.26 Å². The number of hydrogen-bond acceptors (Lipinski definition) is 6. The molecular weight excluding hydrogens is 286 g/mol. The molecule has 0 unspecified atom stereocenters. The Labute approximate surface area is 126 Å². The molecular formula is C14H15N5OS. The number of thiazole rings is 1. The van der Waals surface area contributed by atoms with E-state index in [-0.39, 0.29) is 5.91 Å². The quantitative estimate of drug-likeness (QED) is 0.794. The van der Waals surface area contributed by atoms with Crippen molar-refractivity contribution in [2.24, 2.45) is 0 Å². The zero-order valence-corrected chi connectivity index (χ0v) is 12.4. The monoisotopic (exact) mass is 301 g/mol. The highest BCUT2D eigenvalue weighted by molar-refractivity contribution is 7.13. The molecule has 0 spiro atoms. The van der Waals surface area contributed by atoms with Gasteiger partial charge in [-0.05, 0) is 18.6 Å². The predicted octanol–water partition coefficient (Wildman–Crippen LogP) is 1.81. The van der Waals surface area contributed by atoms with E-state index in [1.807, 2.05) is 6.92 Å². The molecule has 0 aliphatic carbocycles. The molecule has 1 amide bonds. The van der Waals surface area contributed by atoms with Crippen LogP contribution in [0.25, 0.3) is 0 Å². The van der Waals surface area contributed by atoms with Gasteiger partial charge in [0.1, 0.15) is 16.8 Å². The lowest BCUT2D eigenvalue weighted by atomic mass is 10.3. The van der Waals surface area contributed by atoms with Gasteiger partial charge in [-0.25, -0.2) is 9.97 Å². The largest absolute Gasteiger partial charge is 0.367 e. The van der Waals surface area contributed by atoms with E-state index in [2.05, 4.69) is 26.7 Å². The van der Waals surface area contributed by atoms with E-state index in [1.54, 1.807) is 24.5 Å². The standard InChI is InChI=1S/C14H15N5OS/c1-2-12-19-9-11(21-12)14(20)18-7-6-17-13-10(8-15)4-3-5-16-13/h3-5,9H,2,6-7H2,1H3,(H,16,17)(H,18,20). The molecule has 2 heterocycles. The molecule has 2 rings (SSSR count). The van der Waals surface area contributed by atoms with E-state index in [9.17, 15) is 4.79 Å². The second-order valence-corrected chi connectivity index (χ2v) is 5.28. The summed E-state index contributed by atoms with van der Waals surface area (Å²) in [5.41, 5.74) is 0.485. The van der Waals surface area contributed by atoms with Crippen LogP contribution in [0.4, 0.5) is 5.82 Å². The van der Waals surface area contributed by atoms with Crippen molar-refractivity contribution in [1.82, 2.24) is 15.3 Å². The summed E-state index contributed by atoms with van der Waals surface area (Å²) in [6.45, 7) is 2.95. The second kappa shape index (κ2) is 7.36. The van der Waals surface area contributed by atoms with E-state index in [0.717, 1.165) is 11.4 Å². The number of carbonyl (C=O) groups excluding carboxylic acids is 1. The average Bonchev–Trinajstić information content (AvgIpc) is 3.01. The second-order valence-electron chi connectivity index (χ2n) is 4.17. The third kappa shape index (κ3) is 4.00. The lowest BCUT2D eigenvalue weighted by Crippen LogP contribution is -2.28. The zero-order valence-electron chi connectivity index (χ0n) is 11.6. The zero-order chi connectivity index (χ0) is 15.1. The van der Waals surface area contributed by atoms with Crippen LogP contribution in [-0.4, -0.2) is 29.0 Å². The van der Waals surface area contributed by atoms with Crippen LogP contribution >= 0.6 is 11.3 Å². The molecule has 0 saturated carbocycles. The number of carbonyl (C=O) groups is 1. The maximum atomic E-state index is 11.9. The van der Waals surface area contributed by atoms with E-state index in [1.165, 1.54) is 11.3 Å². The highest BCUT2D eigenvalue weighted by atomic mass is 32.1. The molecule has 0 atom stereocenters. The van der Waals surface area contributed by atoms with Crippen LogP contribution in [0.3, 0.4) is 0 Å². The van der Waals surface area contributed by atoms with E-state index in [4.69, 9.17) is 5.26 Å². The number of pyridine rings is 1. The first-order valence-electron chi connectivity index (χ1n) is 6.56. The van der Waals surface area contributed by atoms with Crippen molar-refractivity contribution in [3.63, 3.8) is 0 Å². The van der Waals surface area contributed by atoms with Gasteiger partial charge in [0.25, 0.3) is 5.91 Å². The van der Waals surface area contributed by atoms with Crippen molar-refractivity contribution in [2.75, 3.05) is 18.4 Å². The van der Waals surface area contributed by atoms with E-state index < -0.39 is 0 Å². The maximum absolute atomic E-state index is 11.9. The van der Waals surface area contributed by atoms with Gasteiger partial charge in [0.05, 0.1) is 16.8 Å². The molecule has 0 fully saturated rings. The SMILES string of the molecule is CCc1ncc(C(=O)NCCNc2ncccc2C#N)s1. The molecule has 6 nitrogen and oxygen atoms in total. The number of aromatic nitrogens is 2. The highest BCUT2D eigenvalue weighted by Crippen LogP contribution is 2.13. The summed E-state index contributed by atoms with van der Waals surface area (Å²) in [5, 5.41) is 15.7. The Bertz CT molecular complexity index is 661. The van der Waals surface area contributed by atoms with Gasteiger partial charge in [-0.2, -0.15) is 5.26 Å². The number of rotatable bonds is 6. The van der Waals surface area contributed by atoms with Gasteiger partial charge >= 0.3 is 0 Å². The Morgan fingerprint density at radius 3 is 3.00 bits per heavy atom. The van der Waals surface area contributed by atoms with Crippen LogP contribution in [0.5, 0.6) is 0 Å². The molecule has 2 aromatic rings. The summed E-state index contributed by atoms with van der Waals surface area (Å²) in [6, 6.07) is 5.46. The van der Waals surface area contributed by atoms with Crippen LogP contribution in [-0.2, 0) is 6.42 Å². The Morgan fingerprint density at radius 2 is 2.29 bits per heavy atom. The van der Waals surface area contributed by atoms with Gasteiger partial charge in [-0.3, -0.25) is 4.79 Å². The highest BCUT2D eigenvalue weighted by Gasteiger charge is 2.09. The first-order valence-corrected chi connectivity index (χ1v) is 7.38. The first kappa shape index (κ1) is 14.9. The lowest BCUT2D eigenvalue weighted by molar-refractivity contribution is 0.0959. The minimum absolute atomic E-state index is 0.129. The van der Waals surface area contributed by atoms with Crippen molar-refractivity contribution in [3.05, 3.63) is 40.0 Å². The van der Waals surface area contributed by atoms with Crippen LogP contribution in [0.1, 0.15) is 27.2 Å². The first-order chi connectivity index (χ1) is 10.2. The summed E-state index contributed by atoms with van der Waals surface area (Å²) >= 11 is 1.40.